The van der Waals surface area contributed by atoms with Gasteiger partial charge in [0.2, 0.25) is 0 Å². The first-order valence-electron chi connectivity index (χ1n) is 9.15. The van der Waals surface area contributed by atoms with Crippen LogP contribution >= 0.6 is 11.8 Å². The van der Waals surface area contributed by atoms with Crippen molar-refractivity contribution < 1.29 is 9.59 Å². The van der Waals surface area contributed by atoms with Crippen molar-refractivity contribution in [1.29, 1.82) is 0 Å². The van der Waals surface area contributed by atoms with E-state index in [1.807, 2.05) is 11.8 Å². The first-order valence-corrected chi connectivity index (χ1v) is 10.0. The second-order valence-electron chi connectivity index (χ2n) is 6.60. The molecule has 0 saturated carbocycles. The normalized spacial score (nSPS) is 19.5. The fourth-order valence-electron chi connectivity index (χ4n) is 3.28. The number of carbonyl (C=O) groups excluding carboxylic acids is 2. The predicted molar refractivity (Wildman–Crippen MR) is 109 cm³/mol. The maximum Gasteiger partial charge on any atom is 0.253 e. The summed E-state index contributed by atoms with van der Waals surface area (Å²) in [7, 11) is 0. The highest BCUT2D eigenvalue weighted by molar-refractivity contribution is 8.04. The Hall–Kier alpha value is -1.95. The number of benzene rings is 1. The number of ketones is 1. The molecule has 26 heavy (non-hydrogen) atoms. The van der Waals surface area contributed by atoms with Gasteiger partial charge in [-0.25, -0.2) is 0 Å². The van der Waals surface area contributed by atoms with Crippen LogP contribution in [0.1, 0.15) is 50.9 Å². The number of nitrogens with two attached hydrogens (primary N) is 1. The third kappa shape index (κ3) is 4.81. The van der Waals surface area contributed by atoms with E-state index in [-0.39, 0.29) is 11.7 Å². The maximum atomic E-state index is 11.8. The number of hydrogen-bond donors (Lipinski definition) is 1. The summed E-state index contributed by atoms with van der Waals surface area (Å²) in [6, 6.07) is 7.11. The van der Waals surface area contributed by atoms with E-state index in [4.69, 9.17) is 5.73 Å². The minimum atomic E-state index is 0.127. The lowest BCUT2D eigenvalue weighted by Gasteiger charge is -2.22. The van der Waals surface area contributed by atoms with Crippen LogP contribution in [-0.2, 0) is 4.79 Å². The third-order valence-corrected chi connectivity index (χ3v) is 6.11. The fraction of sp³-hybridized carbons (Fsp3) is 0.500. The van der Waals surface area contributed by atoms with Gasteiger partial charge in [-0.2, -0.15) is 0 Å². The quantitative estimate of drug-likeness (QED) is 0.816. The van der Waals surface area contributed by atoms with Crippen molar-refractivity contribution in [1.82, 2.24) is 9.80 Å². The van der Waals surface area contributed by atoms with Gasteiger partial charge in [0.1, 0.15) is 0 Å². The van der Waals surface area contributed by atoms with E-state index in [9.17, 15) is 9.59 Å². The second-order valence-corrected chi connectivity index (χ2v) is 7.92. The van der Waals surface area contributed by atoms with Crippen LogP contribution < -0.4 is 5.73 Å². The Morgan fingerprint density at radius 1 is 1.19 bits per heavy atom. The Balaban J connectivity index is 0.000000190. The van der Waals surface area contributed by atoms with E-state index in [2.05, 4.69) is 18.7 Å². The van der Waals surface area contributed by atoms with Crippen LogP contribution in [0, 0.1) is 0 Å². The number of nitrogen functional groups attached to an aromatic ring is 1. The lowest BCUT2D eigenvalue weighted by atomic mass is 10.2. The molecule has 2 N–H and O–H groups in total. The van der Waals surface area contributed by atoms with Crippen LogP contribution in [0.25, 0.3) is 0 Å². The Morgan fingerprint density at radius 2 is 1.77 bits per heavy atom. The van der Waals surface area contributed by atoms with E-state index >= 15 is 0 Å². The van der Waals surface area contributed by atoms with E-state index < -0.39 is 0 Å². The third-order valence-electron chi connectivity index (χ3n) is 4.70. The number of Topliss-reactive ketones (excluding diaryl/α,β-unsaturated/α-hetero) is 1. The van der Waals surface area contributed by atoms with Crippen LogP contribution in [0.15, 0.2) is 34.9 Å². The lowest BCUT2D eigenvalue weighted by Crippen LogP contribution is -2.27. The van der Waals surface area contributed by atoms with Gasteiger partial charge < -0.3 is 15.5 Å². The monoisotopic (exact) mass is 375 g/mol. The Kier molecular flexibility index (Phi) is 7.14. The molecule has 1 saturated heterocycles. The molecule has 0 bridgehead atoms. The van der Waals surface area contributed by atoms with Gasteiger partial charge in [0.05, 0.1) is 10.3 Å². The van der Waals surface area contributed by atoms with Crippen LogP contribution in [0.2, 0.25) is 0 Å². The Morgan fingerprint density at radius 3 is 2.19 bits per heavy atom. The number of nitrogens with zero attached hydrogens (tertiary/aromatic N) is 2. The van der Waals surface area contributed by atoms with Gasteiger partial charge >= 0.3 is 0 Å². The zero-order valence-electron chi connectivity index (χ0n) is 16.1. The predicted octanol–water partition coefficient (Wildman–Crippen LogP) is 3.73. The summed E-state index contributed by atoms with van der Waals surface area (Å²) < 4.78 is 0. The number of amides is 1. The van der Waals surface area contributed by atoms with Crippen molar-refractivity contribution in [3.63, 3.8) is 0 Å². The van der Waals surface area contributed by atoms with Crippen LogP contribution in [0.5, 0.6) is 0 Å². The molecule has 0 aliphatic carbocycles. The van der Waals surface area contributed by atoms with Crippen LogP contribution in [0.3, 0.4) is 0 Å². The molecule has 0 spiro atoms. The van der Waals surface area contributed by atoms with E-state index in [0.29, 0.717) is 11.1 Å². The smallest absolute Gasteiger partial charge is 0.253 e. The molecule has 0 radical (unpaired) electrons. The molecular weight excluding hydrogens is 346 g/mol. The number of hydrogen-bond acceptors (Lipinski definition) is 5. The number of rotatable bonds is 3. The highest BCUT2D eigenvalue weighted by atomic mass is 32.2. The van der Waals surface area contributed by atoms with Crippen molar-refractivity contribution in [2.75, 3.05) is 25.4 Å². The molecule has 6 heteroatoms. The summed E-state index contributed by atoms with van der Waals surface area (Å²) in [6.07, 6.45) is 2.25. The molecule has 5 nitrogen and oxygen atoms in total. The average Bonchev–Trinajstić information content (AvgIpc) is 3.24. The van der Waals surface area contributed by atoms with Gasteiger partial charge in [-0.3, -0.25) is 9.59 Å². The van der Waals surface area contributed by atoms with Gasteiger partial charge in [-0.15, -0.1) is 0 Å². The highest BCUT2D eigenvalue weighted by Gasteiger charge is 2.27. The molecule has 1 aromatic carbocycles. The topological polar surface area (TPSA) is 66.6 Å². The van der Waals surface area contributed by atoms with Crippen molar-refractivity contribution in [2.24, 2.45) is 0 Å². The van der Waals surface area contributed by atoms with Gasteiger partial charge in [0.25, 0.3) is 5.91 Å². The number of allylic oxidation sites excluding steroid dienone is 2. The molecule has 1 amide bonds. The number of thioether (sulfide) groups is 1. The molecule has 1 unspecified atom stereocenters. The minimum Gasteiger partial charge on any atom is -0.399 e. The second kappa shape index (κ2) is 9.12. The first kappa shape index (κ1) is 20.4. The summed E-state index contributed by atoms with van der Waals surface area (Å²) in [6.45, 7) is 10.7. The molecule has 1 atom stereocenters. The standard InChI is InChI=1S/C11H14N2O.C9H15NOS/c12-10-5-3-9(4-6-10)11(14)13-7-1-2-8-13;1-5-10-6(2)9(7(3)11)12-8(10)4/h3-6H,1-2,7-8,12H2;8H,5H2,1-4H3. The molecule has 1 aromatic rings. The van der Waals surface area contributed by atoms with E-state index in [1.54, 1.807) is 43.0 Å². The van der Waals surface area contributed by atoms with Crippen molar-refractivity contribution in [3.8, 4) is 0 Å². The molecule has 2 aliphatic rings. The fourth-order valence-corrected chi connectivity index (χ4v) is 4.51. The van der Waals surface area contributed by atoms with Gasteiger partial charge in [-0.1, -0.05) is 11.8 Å². The summed E-state index contributed by atoms with van der Waals surface area (Å²) in [5.74, 6) is 0.322. The molecule has 142 valence electrons. The number of anilines is 1. The molecule has 1 fully saturated rings. The molecular formula is C20H29N3O2S. The molecule has 2 heterocycles. The molecule has 2 aliphatic heterocycles. The molecule has 3 rings (SSSR count). The summed E-state index contributed by atoms with van der Waals surface area (Å²) >= 11 is 1.67. The summed E-state index contributed by atoms with van der Waals surface area (Å²) in [5.41, 5.74) is 8.13. The molecule has 0 aromatic heterocycles. The van der Waals surface area contributed by atoms with Crippen molar-refractivity contribution in [3.05, 3.63) is 40.4 Å². The van der Waals surface area contributed by atoms with Crippen LogP contribution in [0.4, 0.5) is 5.69 Å². The van der Waals surface area contributed by atoms with E-state index in [1.165, 1.54) is 0 Å². The summed E-state index contributed by atoms with van der Waals surface area (Å²) in [4.78, 5) is 28.1. The Labute approximate surface area is 160 Å². The van der Waals surface area contributed by atoms with Gasteiger partial charge in [-0.05, 0) is 64.8 Å². The van der Waals surface area contributed by atoms with E-state index in [0.717, 1.165) is 48.6 Å². The zero-order chi connectivity index (χ0) is 19.3. The Bertz CT molecular complexity index is 679. The summed E-state index contributed by atoms with van der Waals surface area (Å²) in [5, 5.41) is 0.425. The first-order chi connectivity index (χ1) is 12.3. The highest BCUT2D eigenvalue weighted by Crippen LogP contribution is 2.37. The van der Waals surface area contributed by atoms with Crippen molar-refractivity contribution >= 4 is 29.1 Å². The van der Waals surface area contributed by atoms with Crippen LogP contribution in [-0.4, -0.2) is 46.5 Å². The number of carbonyl (C=O) groups is 2. The zero-order valence-corrected chi connectivity index (χ0v) is 16.9. The average molecular weight is 376 g/mol. The van der Waals surface area contributed by atoms with Gasteiger partial charge in [0, 0.05) is 36.6 Å². The van der Waals surface area contributed by atoms with Gasteiger partial charge in [0.15, 0.2) is 5.78 Å². The number of likely N-dealkylation sites (tertiary alicyclic amines) is 1. The SMILES string of the molecule is CCN1C(C)=C(C(C)=O)SC1C.Nc1ccc(C(=O)N2CCCC2)cc1. The maximum absolute atomic E-state index is 11.8. The van der Waals surface area contributed by atoms with Crippen molar-refractivity contribution in [2.45, 2.75) is 45.9 Å². The minimum absolute atomic E-state index is 0.127. The largest absolute Gasteiger partial charge is 0.399 e. The lowest BCUT2D eigenvalue weighted by molar-refractivity contribution is -0.113.